The Balaban J connectivity index is 1.33. The normalized spacial score (nSPS) is 15.7. The first-order valence-electron chi connectivity index (χ1n) is 12.5. The Hall–Kier alpha value is -3.53. The number of benzene rings is 3. The average Bonchev–Trinajstić information content (AvgIpc) is 3.49. The zero-order chi connectivity index (χ0) is 26.7. The molecule has 0 saturated heterocycles. The highest BCUT2D eigenvalue weighted by Gasteiger charge is 2.38. The molecule has 0 fully saturated rings. The van der Waals surface area contributed by atoms with Gasteiger partial charge in [-0.05, 0) is 47.4 Å². The molecule has 3 aromatic carbocycles. The molecule has 1 aliphatic rings. The maximum atomic E-state index is 13.4. The molecule has 0 N–H and O–H groups in total. The van der Waals surface area contributed by atoms with Crippen LogP contribution >= 0.6 is 11.3 Å². The molecule has 9 heteroatoms. The number of sulfonamides is 1. The molecule has 1 atom stereocenters. The molecule has 0 bridgehead atoms. The number of ether oxygens (including phenoxy) is 1. The number of fused-ring (bicyclic) bond motifs is 2. The van der Waals surface area contributed by atoms with E-state index in [9.17, 15) is 18.0 Å². The monoisotopic (exact) mass is 548 g/mol. The van der Waals surface area contributed by atoms with Crippen LogP contribution < -0.4 is 4.90 Å². The highest BCUT2D eigenvalue weighted by atomic mass is 32.2. The van der Waals surface area contributed by atoms with Crippen LogP contribution in [0.25, 0.3) is 10.8 Å². The average molecular weight is 549 g/mol. The summed E-state index contributed by atoms with van der Waals surface area (Å²) >= 11 is 1.15. The summed E-state index contributed by atoms with van der Waals surface area (Å²) in [5.41, 5.74) is 2.54. The predicted octanol–water partition coefficient (Wildman–Crippen LogP) is 5.18. The van der Waals surface area contributed by atoms with Gasteiger partial charge in [0.15, 0.2) is 6.61 Å². The standard InChI is InChI=1S/C29H28N2O5S2/c1-2-30(25-14-7-11-21-9-3-5-12-23(21)25)27(32)20-36-28(33)19-26-24-13-6-4-10-22(24)16-17-31(26)38(34,35)29-15-8-18-37-29/h3-15,18,26H,2,16-17,19-20H2,1H3. The van der Waals surface area contributed by atoms with Crippen molar-refractivity contribution in [1.29, 1.82) is 0 Å². The summed E-state index contributed by atoms with van der Waals surface area (Å²) in [6, 6.07) is 23.6. The third-order valence-electron chi connectivity index (χ3n) is 6.81. The number of likely N-dealkylation sites (N-methyl/N-ethyl adjacent to an activating group) is 1. The van der Waals surface area contributed by atoms with E-state index in [0.29, 0.717) is 13.0 Å². The van der Waals surface area contributed by atoms with Crippen LogP contribution in [0.15, 0.2) is 88.5 Å². The second-order valence-electron chi connectivity index (χ2n) is 9.01. The number of hydrogen-bond donors (Lipinski definition) is 0. The summed E-state index contributed by atoms with van der Waals surface area (Å²) in [6.45, 7) is 2.11. The Bertz CT molecular complexity index is 1560. The van der Waals surface area contributed by atoms with Gasteiger partial charge in [-0.2, -0.15) is 4.31 Å². The second-order valence-corrected chi connectivity index (χ2v) is 12.1. The van der Waals surface area contributed by atoms with Gasteiger partial charge in [-0.1, -0.05) is 66.7 Å². The van der Waals surface area contributed by atoms with Crippen LogP contribution in [0.5, 0.6) is 0 Å². The van der Waals surface area contributed by atoms with Crippen molar-refractivity contribution in [3.63, 3.8) is 0 Å². The van der Waals surface area contributed by atoms with Crippen molar-refractivity contribution < 1.29 is 22.7 Å². The predicted molar refractivity (Wildman–Crippen MR) is 149 cm³/mol. The molecule has 0 saturated carbocycles. The van der Waals surface area contributed by atoms with Gasteiger partial charge in [0.1, 0.15) is 4.21 Å². The fourth-order valence-corrected chi connectivity index (χ4v) is 7.74. The molecule has 1 amide bonds. The maximum Gasteiger partial charge on any atom is 0.308 e. The van der Waals surface area contributed by atoms with Crippen molar-refractivity contribution in [2.45, 2.75) is 30.0 Å². The lowest BCUT2D eigenvalue weighted by molar-refractivity contribution is -0.148. The van der Waals surface area contributed by atoms with Gasteiger partial charge in [-0.3, -0.25) is 9.59 Å². The number of carbonyl (C=O) groups excluding carboxylic acids is 2. The maximum absolute atomic E-state index is 13.4. The molecule has 38 heavy (non-hydrogen) atoms. The van der Waals surface area contributed by atoms with Crippen molar-refractivity contribution in [2.24, 2.45) is 0 Å². The zero-order valence-electron chi connectivity index (χ0n) is 20.9. The Morgan fingerprint density at radius 3 is 2.55 bits per heavy atom. The fraction of sp³-hybridized carbons (Fsp3) is 0.241. The van der Waals surface area contributed by atoms with E-state index in [4.69, 9.17) is 4.74 Å². The summed E-state index contributed by atoms with van der Waals surface area (Å²) in [7, 11) is -3.79. The number of amides is 1. The van der Waals surface area contributed by atoms with E-state index < -0.39 is 28.6 Å². The van der Waals surface area contributed by atoms with Gasteiger partial charge < -0.3 is 9.64 Å². The first-order valence-corrected chi connectivity index (χ1v) is 14.8. The largest absolute Gasteiger partial charge is 0.455 e. The fourth-order valence-electron chi connectivity index (χ4n) is 5.02. The van der Waals surface area contributed by atoms with Crippen LogP contribution in [0.4, 0.5) is 5.69 Å². The highest BCUT2D eigenvalue weighted by Crippen LogP contribution is 2.37. The van der Waals surface area contributed by atoms with E-state index in [1.807, 2.05) is 73.7 Å². The highest BCUT2D eigenvalue weighted by molar-refractivity contribution is 7.91. The third kappa shape index (κ3) is 5.09. The Morgan fingerprint density at radius 1 is 1.00 bits per heavy atom. The Labute approximate surface area is 226 Å². The smallest absolute Gasteiger partial charge is 0.308 e. The molecule has 2 heterocycles. The minimum absolute atomic E-state index is 0.185. The van der Waals surface area contributed by atoms with Crippen molar-refractivity contribution >= 4 is 49.7 Å². The van der Waals surface area contributed by atoms with Gasteiger partial charge in [0.05, 0.1) is 18.2 Å². The number of thiophene rings is 1. The summed E-state index contributed by atoms with van der Waals surface area (Å²) in [5, 5.41) is 3.66. The minimum Gasteiger partial charge on any atom is -0.455 e. The topological polar surface area (TPSA) is 84.0 Å². The van der Waals surface area contributed by atoms with Crippen LogP contribution in [0.3, 0.4) is 0 Å². The van der Waals surface area contributed by atoms with Gasteiger partial charge in [-0.15, -0.1) is 11.3 Å². The molecule has 0 aliphatic carbocycles. The van der Waals surface area contributed by atoms with Gasteiger partial charge in [-0.25, -0.2) is 8.42 Å². The van der Waals surface area contributed by atoms with Crippen LogP contribution in [-0.2, 0) is 30.8 Å². The summed E-state index contributed by atoms with van der Waals surface area (Å²) in [6.07, 6.45) is 0.372. The SMILES string of the molecule is CCN(C(=O)COC(=O)CC1c2ccccc2CCN1S(=O)(=O)c1cccs1)c1cccc2ccccc12. The summed E-state index contributed by atoms with van der Waals surface area (Å²) in [5.74, 6) is -0.968. The Morgan fingerprint density at radius 2 is 1.76 bits per heavy atom. The zero-order valence-corrected chi connectivity index (χ0v) is 22.6. The molecule has 4 aromatic rings. The number of anilines is 1. The Kier molecular flexibility index (Phi) is 7.60. The first kappa shape index (κ1) is 26.1. The van der Waals surface area contributed by atoms with Crippen molar-refractivity contribution in [2.75, 3.05) is 24.6 Å². The van der Waals surface area contributed by atoms with E-state index in [1.54, 1.807) is 22.4 Å². The molecule has 196 valence electrons. The number of nitrogens with zero attached hydrogens (tertiary/aromatic N) is 2. The molecular formula is C29H28N2O5S2. The molecule has 1 aliphatic heterocycles. The third-order valence-corrected chi connectivity index (χ3v) is 10.1. The second kappa shape index (κ2) is 11.1. The molecule has 1 aromatic heterocycles. The number of hydrogen-bond acceptors (Lipinski definition) is 6. The van der Waals surface area contributed by atoms with E-state index in [-0.39, 0.29) is 23.1 Å². The number of carbonyl (C=O) groups is 2. The molecule has 7 nitrogen and oxygen atoms in total. The minimum atomic E-state index is -3.79. The van der Waals surface area contributed by atoms with Crippen LogP contribution in [0, 0.1) is 0 Å². The quantitative estimate of drug-likeness (QED) is 0.284. The van der Waals surface area contributed by atoms with Gasteiger partial charge in [0.25, 0.3) is 15.9 Å². The lowest BCUT2D eigenvalue weighted by Gasteiger charge is -2.35. The summed E-state index contributed by atoms with van der Waals surface area (Å²) in [4.78, 5) is 27.8. The van der Waals surface area contributed by atoms with Crippen LogP contribution in [0.1, 0.15) is 30.5 Å². The van der Waals surface area contributed by atoms with E-state index in [0.717, 1.165) is 38.9 Å². The van der Waals surface area contributed by atoms with Gasteiger partial charge in [0, 0.05) is 18.5 Å². The molecule has 0 radical (unpaired) electrons. The van der Waals surface area contributed by atoms with Crippen LogP contribution in [0.2, 0.25) is 0 Å². The first-order chi connectivity index (χ1) is 18.4. The van der Waals surface area contributed by atoms with Crippen molar-refractivity contribution in [3.8, 4) is 0 Å². The number of esters is 1. The molecular weight excluding hydrogens is 520 g/mol. The van der Waals surface area contributed by atoms with Crippen LogP contribution in [-0.4, -0.2) is 44.3 Å². The molecule has 1 unspecified atom stereocenters. The van der Waals surface area contributed by atoms with Gasteiger partial charge in [0.2, 0.25) is 0 Å². The lowest BCUT2D eigenvalue weighted by Crippen LogP contribution is -2.41. The molecule has 5 rings (SSSR count). The van der Waals surface area contributed by atoms with Crippen molar-refractivity contribution in [3.05, 3.63) is 95.4 Å². The van der Waals surface area contributed by atoms with E-state index in [2.05, 4.69) is 0 Å². The summed E-state index contributed by atoms with van der Waals surface area (Å²) < 4.78 is 33.9. The van der Waals surface area contributed by atoms with Gasteiger partial charge >= 0.3 is 5.97 Å². The molecule has 0 spiro atoms. The van der Waals surface area contributed by atoms with Crippen molar-refractivity contribution in [1.82, 2.24) is 4.31 Å². The van der Waals surface area contributed by atoms with E-state index >= 15 is 0 Å². The number of rotatable bonds is 8. The van der Waals surface area contributed by atoms with E-state index in [1.165, 1.54) is 4.31 Å². The lowest BCUT2D eigenvalue weighted by atomic mass is 9.92.